The molecule has 0 atom stereocenters. The number of fused-ring (bicyclic) bond motifs is 1. The maximum atomic E-state index is 6.57. The van der Waals surface area contributed by atoms with Gasteiger partial charge < -0.3 is 18.6 Å². The highest BCUT2D eigenvalue weighted by Crippen LogP contribution is 2.46. The molecule has 0 N–H and O–H groups in total. The van der Waals surface area contributed by atoms with Crippen LogP contribution in [0.15, 0.2) is 61.2 Å². The maximum absolute atomic E-state index is 6.57. The van der Waals surface area contributed by atoms with Crippen LogP contribution in [-0.2, 0) is 11.0 Å². The van der Waals surface area contributed by atoms with Gasteiger partial charge >= 0.3 is 0 Å². The molecule has 4 nitrogen and oxygen atoms in total. The number of hydrogen-bond acceptors (Lipinski definition) is 4. The summed E-state index contributed by atoms with van der Waals surface area (Å²) in [6, 6.07) is 17.9. The van der Waals surface area contributed by atoms with Gasteiger partial charge in [-0.25, -0.2) is 0 Å². The fourth-order valence-corrected chi connectivity index (χ4v) is 4.35. The fraction of sp³-hybridized carbons (Fsp3) is 0.333. The summed E-state index contributed by atoms with van der Waals surface area (Å²) in [4.78, 5) is 0. The number of benzene rings is 3. The third-order valence-electron chi connectivity index (χ3n) is 6.19. The summed E-state index contributed by atoms with van der Waals surface area (Å²) in [5.74, 6) is 2.71. The van der Waals surface area contributed by atoms with Gasteiger partial charge in [-0.3, -0.25) is 0 Å². The predicted octanol–water partition coefficient (Wildman–Crippen LogP) is 7.43. The number of rotatable bonds is 8. The van der Waals surface area contributed by atoms with E-state index in [2.05, 4.69) is 40.4 Å². The molecule has 0 aliphatic heterocycles. The smallest absolute Gasteiger partial charge is 0.250 e. The normalized spacial score (nSPS) is 11.8. The van der Waals surface area contributed by atoms with Crippen LogP contribution in [0.3, 0.4) is 0 Å². The minimum Gasteiger partial charge on any atom is -0.543 e. The molecule has 0 amide bonds. The molecule has 0 aliphatic carbocycles. The first-order valence-electron chi connectivity index (χ1n) is 10.8. The Bertz CT molecular complexity index is 1100. The van der Waals surface area contributed by atoms with Gasteiger partial charge in [0.2, 0.25) is 8.32 Å². The first-order chi connectivity index (χ1) is 15.1. The van der Waals surface area contributed by atoms with Gasteiger partial charge in [0.05, 0.1) is 25.2 Å². The topological polar surface area (TPSA) is 36.9 Å². The van der Waals surface area contributed by atoms with E-state index in [1.807, 2.05) is 54.6 Å². The van der Waals surface area contributed by atoms with Crippen molar-refractivity contribution < 1.29 is 18.6 Å². The molecule has 0 heterocycles. The third-order valence-corrected chi connectivity index (χ3v) is 10.6. The van der Waals surface area contributed by atoms with E-state index >= 15 is 0 Å². The highest BCUT2D eigenvalue weighted by Gasteiger charge is 2.39. The lowest BCUT2D eigenvalue weighted by Gasteiger charge is -2.37. The molecular weight excluding hydrogens is 416 g/mol. The Balaban J connectivity index is 2.18. The van der Waals surface area contributed by atoms with Crippen molar-refractivity contribution in [1.82, 2.24) is 0 Å². The molecule has 32 heavy (non-hydrogen) atoms. The second-order valence-electron chi connectivity index (χ2n) is 9.40. The van der Waals surface area contributed by atoms with Gasteiger partial charge in [-0.1, -0.05) is 69.8 Å². The quantitative estimate of drug-likeness (QED) is 0.264. The Labute approximate surface area is 192 Å². The second kappa shape index (κ2) is 9.29. The van der Waals surface area contributed by atoms with Crippen molar-refractivity contribution in [3.05, 3.63) is 72.3 Å². The van der Waals surface area contributed by atoms with Crippen LogP contribution in [0, 0.1) is 0 Å². The lowest BCUT2D eigenvalue weighted by Crippen LogP contribution is -2.40. The summed E-state index contributed by atoms with van der Waals surface area (Å²) in [6.07, 6.45) is 0. The van der Waals surface area contributed by atoms with Crippen molar-refractivity contribution in [2.75, 3.05) is 14.2 Å². The molecule has 0 spiro atoms. The van der Waals surface area contributed by atoms with Crippen LogP contribution in [-0.4, -0.2) is 22.5 Å². The zero-order valence-electron chi connectivity index (χ0n) is 20.2. The van der Waals surface area contributed by atoms with Crippen molar-refractivity contribution in [1.29, 1.82) is 0 Å². The van der Waals surface area contributed by atoms with E-state index in [1.165, 1.54) is 0 Å². The van der Waals surface area contributed by atoms with Crippen LogP contribution in [0.5, 0.6) is 17.2 Å². The largest absolute Gasteiger partial charge is 0.543 e. The SMILES string of the molecule is C=C(O[Si](C)(C)C(C)(C)C)c1cc(OC)c2cccc(OC)c2c1OCc1ccccc1. The molecule has 3 aromatic carbocycles. The standard InChI is InChI=1S/C27H34O4Si/c1-19(31-32(7,8)27(2,3)4)22-17-24(29-6)21-15-12-16-23(28-5)25(21)26(22)30-18-20-13-10-9-11-14-20/h9-17H,1,18H2,2-8H3. The minimum atomic E-state index is -2.10. The lowest BCUT2D eigenvalue weighted by atomic mass is 10.0. The van der Waals surface area contributed by atoms with Crippen LogP contribution in [0.1, 0.15) is 31.9 Å². The molecule has 0 saturated heterocycles. The molecule has 3 aromatic rings. The Morgan fingerprint density at radius 3 is 2.16 bits per heavy atom. The van der Waals surface area contributed by atoms with Gasteiger partial charge in [-0.05, 0) is 35.8 Å². The zero-order chi connectivity index (χ0) is 23.5. The van der Waals surface area contributed by atoms with Gasteiger partial charge in [0.15, 0.2) is 0 Å². The van der Waals surface area contributed by atoms with Gasteiger partial charge in [0.25, 0.3) is 0 Å². The Morgan fingerprint density at radius 1 is 0.906 bits per heavy atom. The monoisotopic (exact) mass is 450 g/mol. The van der Waals surface area contributed by atoms with Crippen LogP contribution in [0.2, 0.25) is 18.1 Å². The van der Waals surface area contributed by atoms with Crippen molar-refractivity contribution in [3.63, 3.8) is 0 Å². The van der Waals surface area contributed by atoms with Crippen LogP contribution < -0.4 is 14.2 Å². The van der Waals surface area contributed by atoms with E-state index in [-0.39, 0.29) is 5.04 Å². The second-order valence-corrected chi connectivity index (χ2v) is 14.1. The van der Waals surface area contributed by atoms with E-state index in [0.29, 0.717) is 23.9 Å². The number of hydrogen-bond donors (Lipinski definition) is 0. The highest BCUT2D eigenvalue weighted by atomic mass is 28.4. The summed E-state index contributed by atoms with van der Waals surface area (Å²) in [7, 11) is 1.22. The summed E-state index contributed by atoms with van der Waals surface area (Å²) in [5.41, 5.74) is 1.85. The zero-order valence-corrected chi connectivity index (χ0v) is 21.2. The molecule has 5 heteroatoms. The molecule has 0 saturated carbocycles. The Hall–Kier alpha value is -2.92. The highest BCUT2D eigenvalue weighted by molar-refractivity contribution is 6.74. The molecule has 0 fully saturated rings. The van der Waals surface area contributed by atoms with Crippen molar-refractivity contribution >= 4 is 24.8 Å². The summed E-state index contributed by atoms with van der Waals surface area (Å²) >= 11 is 0. The molecule has 170 valence electrons. The summed E-state index contributed by atoms with van der Waals surface area (Å²) in [6.45, 7) is 15.8. The lowest BCUT2D eigenvalue weighted by molar-refractivity contribution is 0.305. The molecule has 0 aromatic heterocycles. The fourth-order valence-electron chi connectivity index (χ4n) is 3.32. The van der Waals surface area contributed by atoms with E-state index in [1.54, 1.807) is 14.2 Å². The molecule has 3 rings (SSSR count). The van der Waals surface area contributed by atoms with E-state index < -0.39 is 8.32 Å². The van der Waals surface area contributed by atoms with Crippen molar-refractivity contribution in [3.8, 4) is 17.2 Å². The Kier molecular flexibility index (Phi) is 6.89. The molecular formula is C27H34O4Si. The summed E-state index contributed by atoms with van der Waals surface area (Å²) < 4.78 is 24.5. The first-order valence-corrected chi connectivity index (χ1v) is 13.7. The number of methoxy groups -OCH3 is 2. The summed E-state index contributed by atoms with van der Waals surface area (Å²) in [5, 5.41) is 1.80. The minimum absolute atomic E-state index is 0.0413. The van der Waals surface area contributed by atoms with E-state index in [4.69, 9.17) is 18.6 Å². The molecule has 0 radical (unpaired) electrons. The van der Waals surface area contributed by atoms with Crippen molar-refractivity contribution in [2.24, 2.45) is 0 Å². The van der Waals surface area contributed by atoms with E-state index in [0.717, 1.165) is 27.6 Å². The molecule has 0 bridgehead atoms. The van der Waals surface area contributed by atoms with Crippen LogP contribution in [0.25, 0.3) is 16.5 Å². The average molecular weight is 451 g/mol. The van der Waals surface area contributed by atoms with Gasteiger partial charge in [-0.15, -0.1) is 0 Å². The third kappa shape index (κ3) is 4.78. The maximum Gasteiger partial charge on any atom is 0.250 e. The van der Waals surface area contributed by atoms with Gasteiger partial charge in [-0.2, -0.15) is 0 Å². The van der Waals surface area contributed by atoms with Crippen molar-refractivity contribution in [2.45, 2.75) is 45.5 Å². The average Bonchev–Trinajstić information content (AvgIpc) is 2.76. The molecule has 0 unspecified atom stereocenters. The van der Waals surface area contributed by atoms with Crippen LogP contribution in [0.4, 0.5) is 0 Å². The Morgan fingerprint density at radius 2 is 1.56 bits per heavy atom. The number of ether oxygens (including phenoxy) is 3. The first kappa shape index (κ1) is 23.7. The molecule has 0 aliphatic rings. The van der Waals surface area contributed by atoms with E-state index in [9.17, 15) is 0 Å². The predicted molar refractivity (Wildman–Crippen MR) is 135 cm³/mol. The van der Waals surface area contributed by atoms with Gasteiger partial charge in [0.1, 0.15) is 29.6 Å². The van der Waals surface area contributed by atoms with Gasteiger partial charge in [0, 0.05) is 5.39 Å². The van der Waals surface area contributed by atoms with Crippen LogP contribution >= 0.6 is 0 Å².